The van der Waals surface area contributed by atoms with Crippen molar-refractivity contribution in [3.8, 4) is 0 Å². The number of fused-ring (bicyclic) bond motifs is 1. The molecule has 152 valence electrons. The second-order valence-electron chi connectivity index (χ2n) is 6.69. The number of rotatable bonds is 3. The lowest BCUT2D eigenvalue weighted by atomic mass is 9.78. The van der Waals surface area contributed by atoms with Gasteiger partial charge in [-0.2, -0.15) is 0 Å². The van der Waals surface area contributed by atoms with Crippen molar-refractivity contribution in [2.75, 3.05) is 25.1 Å². The Labute approximate surface area is 173 Å². The molecule has 1 aromatic carbocycles. The van der Waals surface area contributed by atoms with Gasteiger partial charge in [-0.25, -0.2) is 18.8 Å². The van der Waals surface area contributed by atoms with Crippen LogP contribution in [0.4, 0.5) is 14.5 Å². The predicted octanol–water partition coefficient (Wildman–Crippen LogP) is 3.06. The number of anilines is 1. The van der Waals surface area contributed by atoms with Crippen molar-refractivity contribution in [1.29, 1.82) is 0 Å². The molecule has 2 aromatic rings. The molecule has 29 heavy (non-hydrogen) atoms. The fourth-order valence-corrected chi connectivity index (χ4v) is 3.85. The molecule has 1 saturated heterocycles. The first-order chi connectivity index (χ1) is 13.7. The Hall–Kier alpha value is -2.49. The molecule has 0 spiro atoms. The summed E-state index contributed by atoms with van der Waals surface area (Å²) in [4.78, 5) is 20.4. The Morgan fingerprint density at radius 1 is 1.24 bits per heavy atom. The minimum atomic E-state index is -2.11. The maximum atomic E-state index is 15.5. The maximum Gasteiger partial charge on any atom is 0.283 e. The van der Waals surface area contributed by atoms with Crippen molar-refractivity contribution in [3.05, 3.63) is 57.6 Å². The van der Waals surface area contributed by atoms with Crippen LogP contribution >= 0.6 is 23.2 Å². The molecular weight excluding hydrogens is 429 g/mol. The Morgan fingerprint density at radius 3 is 2.79 bits per heavy atom. The molecule has 11 heteroatoms. The lowest BCUT2D eigenvalue weighted by Gasteiger charge is -2.38. The molecule has 0 aliphatic carbocycles. The molecule has 2 atom stereocenters. The van der Waals surface area contributed by atoms with Crippen molar-refractivity contribution in [1.82, 2.24) is 4.98 Å². The van der Waals surface area contributed by atoms with Crippen LogP contribution in [-0.4, -0.2) is 42.4 Å². The molecule has 2 aliphatic rings. The number of amidine groups is 1. The minimum Gasteiger partial charge on any atom is -0.462 e. The van der Waals surface area contributed by atoms with Crippen molar-refractivity contribution < 1.29 is 23.0 Å². The van der Waals surface area contributed by atoms with E-state index in [9.17, 15) is 9.18 Å². The fourth-order valence-electron chi connectivity index (χ4n) is 3.38. The highest BCUT2D eigenvalue weighted by atomic mass is 35.5. The average Bonchev–Trinajstić information content (AvgIpc) is 3.00. The summed E-state index contributed by atoms with van der Waals surface area (Å²) in [5.41, 5.74) is 1.79. The van der Waals surface area contributed by atoms with Gasteiger partial charge in [0.1, 0.15) is 18.1 Å². The van der Waals surface area contributed by atoms with Gasteiger partial charge in [0.2, 0.25) is 0 Å². The molecule has 2 aliphatic heterocycles. The zero-order valence-corrected chi connectivity index (χ0v) is 16.2. The van der Waals surface area contributed by atoms with Gasteiger partial charge in [-0.1, -0.05) is 23.2 Å². The monoisotopic (exact) mass is 442 g/mol. The normalized spacial score (nSPS) is 25.7. The number of benzene rings is 1. The first-order valence-corrected chi connectivity index (χ1v) is 9.17. The van der Waals surface area contributed by atoms with Gasteiger partial charge in [0.15, 0.2) is 11.2 Å². The number of alkyl halides is 1. The van der Waals surface area contributed by atoms with Gasteiger partial charge >= 0.3 is 0 Å². The van der Waals surface area contributed by atoms with Crippen molar-refractivity contribution in [3.63, 3.8) is 0 Å². The molecule has 0 unspecified atom stereocenters. The summed E-state index contributed by atoms with van der Waals surface area (Å²) in [6, 6.07) is 4.79. The van der Waals surface area contributed by atoms with Crippen LogP contribution in [0.2, 0.25) is 10.0 Å². The van der Waals surface area contributed by atoms with Gasteiger partial charge in [0, 0.05) is 17.4 Å². The number of aromatic nitrogens is 1. The van der Waals surface area contributed by atoms with Gasteiger partial charge in [0.25, 0.3) is 11.9 Å². The van der Waals surface area contributed by atoms with Crippen LogP contribution in [0.1, 0.15) is 16.1 Å². The molecule has 0 saturated carbocycles. The summed E-state index contributed by atoms with van der Waals surface area (Å²) in [5.74, 6) is -1.37. The summed E-state index contributed by atoms with van der Waals surface area (Å²) in [5, 5.41) is 2.87. The van der Waals surface area contributed by atoms with E-state index in [4.69, 9.17) is 38.4 Å². The highest BCUT2D eigenvalue weighted by Gasteiger charge is 2.62. The predicted molar refractivity (Wildman–Crippen MR) is 103 cm³/mol. The molecule has 4 rings (SSSR count). The molecule has 1 aromatic heterocycles. The third kappa shape index (κ3) is 3.29. The number of hydrogen-bond donors (Lipinski definition) is 2. The number of amides is 1. The lowest BCUT2D eigenvalue weighted by Crippen LogP contribution is -2.55. The second kappa shape index (κ2) is 7.08. The maximum absolute atomic E-state index is 15.5. The van der Waals surface area contributed by atoms with E-state index >= 15 is 4.39 Å². The number of nitrogens with zero attached hydrogens (tertiary/aromatic N) is 2. The van der Waals surface area contributed by atoms with Crippen LogP contribution in [0.5, 0.6) is 0 Å². The lowest BCUT2D eigenvalue weighted by molar-refractivity contribution is 0.00905. The number of ether oxygens (including phenoxy) is 2. The van der Waals surface area contributed by atoms with Gasteiger partial charge in [-0.3, -0.25) is 4.79 Å². The SMILES string of the molecule is NC1=N[C@@]2(c3cc(NC(=O)c4ncc(Cl)cc4Cl)ccc3F)COC[C@@]2(F)CO1. The zero-order chi connectivity index (χ0) is 20.8. The van der Waals surface area contributed by atoms with E-state index in [2.05, 4.69) is 15.3 Å². The van der Waals surface area contributed by atoms with Crippen molar-refractivity contribution in [2.24, 2.45) is 10.7 Å². The van der Waals surface area contributed by atoms with Crippen LogP contribution in [0.25, 0.3) is 0 Å². The Kier molecular flexibility index (Phi) is 4.84. The first kappa shape index (κ1) is 19.8. The van der Waals surface area contributed by atoms with E-state index in [-0.39, 0.29) is 46.2 Å². The number of carbonyl (C=O) groups excluding carboxylic acids is 1. The molecular formula is C18H14Cl2F2N4O3. The number of nitrogens with one attached hydrogen (secondary N) is 1. The third-order valence-corrected chi connectivity index (χ3v) is 5.32. The number of hydrogen-bond acceptors (Lipinski definition) is 6. The summed E-state index contributed by atoms with van der Waals surface area (Å²) in [6.07, 6.45) is 1.27. The topological polar surface area (TPSA) is 98.8 Å². The van der Waals surface area contributed by atoms with Crippen LogP contribution < -0.4 is 11.1 Å². The highest BCUT2D eigenvalue weighted by molar-refractivity contribution is 6.36. The van der Waals surface area contributed by atoms with Crippen LogP contribution in [-0.2, 0) is 15.0 Å². The number of carbonyl (C=O) groups is 1. The van der Waals surface area contributed by atoms with E-state index in [1.54, 1.807) is 0 Å². The van der Waals surface area contributed by atoms with Crippen LogP contribution in [0, 0.1) is 5.82 Å². The van der Waals surface area contributed by atoms with Crippen molar-refractivity contribution >= 4 is 40.8 Å². The van der Waals surface area contributed by atoms with Crippen LogP contribution in [0.3, 0.4) is 0 Å². The molecule has 0 bridgehead atoms. The number of pyridine rings is 1. The molecule has 3 heterocycles. The number of nitrogens with two attached hydrogens (primary N) is 1. The highest BCUT2D eigenvalue weighted by Crippen LogP contribution is 2.48. The Bertz CT molecular complexity index is 1040. The standard InChI is InChI=1S/C18H14Cl2F2N4O3/c19-9-3-12(20)14(24-5-9)15(27)25-10-1-2-13(21)11(4-10)18-8-28-6-17(18,22)7-29-16(23)26-18/h1-5H,6-8H2,(H2,23,26)(H,25,27)/t17-,18-/m1/s1. The van der Waals surface area contributed by atoms with E-state index in [1.165, 1.54) is 24.4 Å². The molecule has 0 radical (unpaired) electrons. The molecule has 1 fully saturated rings. The minimum absolute atomic E-state index is 0.0460. The van der Waals surface area contributed by atoms with E-state index in [0.717, 1.165) is 6.07 Å². The van der Waals surface area contributed by atoms with Gasteiger partial charge in [-0.15, -0.1) is 0 Å². The van der Waals surface area contributed by atoms with Crippen LogP contribution in [0.15, 0.2) is 35.5 Å². The molecule has 1 amide bonds. The number of aliphatic imine (C=N–C) groups is 1. The summed E-state index contributed by atoms with van der Waals surface area (Å²) in [7, 11) is 0. The Morgan fingerprint density at radius 2 is 2.03 bits per heavy atom. The summed E-state index contributed by atoms with van der Waals surface area (Å²) in [6.45, 7) is -0.987. The average molecular weight is 443 g/mol. The molecule has 7 nitrogen and oxygen atoms in total. The third-order valence-electron chi connectivity index (χ3n) is 4.83. The van der Waals surface area contributed by atoms with E-state index in [1.807, 2.05) is 0 Å². The van der Waals surface area contributed by atoms with E-state index in [0.29, 0.717) is 0 Å². The zero-order valence-electron chi connectivity index (χ0n) is 14.7. The quantitative estimate of drug-likeness (QED) is 0.760. The summed E-state index contributed by atoms with van der Waals surface area (Å²) >= 11 is 11.8. The fraction of sp³-hybridized carbons (Fsp3) is 0.278. The van der Waals surface area contributed by atoms with Gasteiger partial charge in [0.05, 0.1) is 23.3 Å². The largest absolute Gasteiger partial charge is 0.462 e. The van der Waals surface area contributed by atoms with E-state index < -0.39 is 29.5 Å². The molecule has 3 N–H and O–H groups in total. The first-order valence-electron chi connectivity index (χ1n) is 8.41. The van der Waals surface area contributed by atoms with Gasteiger partial charge in [-0.05, 0) is 24.3 Å². The smallest absolute Gasteiger partial charge is 0.283 e. The second-order valence-corrected chi connectivity index (χ2v) is 7.53. The van der Waals surface area contributed by atoms with Crippen molar-refractivity contribution in [2.45, 2.75) is 11.2 Å². The summed E-state index contributed by atoms with van der Waals surface area (Å²) < 4.78 is 40.5. The number of halogens is 4. The Balaban J connectivity index is 1.72. The van der Waals surface area contributed by atoms with Gasteiger partial charge < -0.3 is 20.5 Å².